The molecule has 124 valence electrons. The quantitative estimate of drug-likeness (QED) is 0.729. The van der Waals surface area contributed by atoms with Crippen molar-refractivity contribution in [1.29, 1.82) is 0 Å². The van der Waals surface area contributed by atoms with Gasteiger partial charge in [-0.1, -0.05) is 6.07 Å². The van der Waals surface area contributed by atoms with E-state index in [1.54, 1.807) is 30.6 Å². The highest BCUT2D eigenvalue weighted by atomic mass is 19.1. The topological polar surface area (TPSA) is 61.3 Å². The molecule has 3 rings (SSSR count). The summed E-state index contributed by atoms with van der Waals surface area (Å²) in [5.74, 6) is 0.459. The normalized spacial score (nSPS) is 10.8. The molecule has 0 saturated carbocycles. The molecule has 6 heteroatoms. The van der Waals surface area contributed by atoms with Gasteiger partial charge in [0.15, 0.2) is 0 Å². The van der Waals surface area contributed by atoms with Crippen LogP contribution >= 0.6 is 0 Å². The predicted molar refractivity (Wildman–Crippen MR) is 93.6 cm³/mol. The van der Waals surface area contributed by atoms with Crippen molar-refractivity contribution >= 4 is 22.4 Å². The first-order valence-corrected chi connectivity index (χ1v) is 7.73. The lowest BCUT2D eigenvalue weighted by atomic mass is 10.1. The van der Waals surface area contributed by atoms with Crippen LogP contribution in [0, 0.1) is 5.82 Å². The maximum absolute atomic E-state index is 13.8. The van der Waals surface area contributed by atoms with Crippen LogP contribution < -0.4 is 10.2 Å². The second-order valence-electron chi connectivity index (χ2n) is 5.51. The van der Waals surface area contributed by atoms with Gasteiger partial charge in [0, 0.05) is 31.7 Å². The van der Waals surface area contributed by atoms with Gasteiger partial charge in [-0.15, -0.1) is 0 Å². The molecule has 0 bridgehead atoms. The third-order valence-electron chi connectivity index (χ3n) is 3.88. The first kappa shape index (κ1) is 16.1. The monoisotopic (exact) mass is 326 g/mol. The Bertz CT molecular complexity index is 823. The smallest absolute Gasteiger partial charge is 0.132 e. The summed E-state index contributed by atoms with van der Waals surface area (Å²) >= 11 is 0. The number of halogens is 1. The van der Waals surface area contributed by atoms with Gasteiger partial charge in [-0.05, 0) is 35.9 Å². The number of benzene rings is 1. The van der Waals surface area contributed by atoms with E-state index in [1.165, 1.54) is 6.07 Å². The van der Waals surface area contributed by atoms with E-state index in [-0.39, 0.29) is 12.4 Å². The van der Waals surface area contributed by atoms with E-state index in [4.69, 9.17) is 5.11 Å². The van der Waals surface area contributed by atoms with Gasteiger partial charge >= 0.3 is 0 Å². The van der Waals surface area contributed by atoms with Crippen LogP contribution in [0.1, 0.15) is 5.56 Å². The number of aromatic nitrogens is 2. The van der Waals surface area contributed by atoms with Crippen LogP contribution in [-0.2, 0) is 6.54 Å². The molecule has 0 amide bonds. The fourth-order valence-electron chi connectivity index (χ4n) is 2.52. The summed E-state index contributed by atoms with van der Waals surface area (Å²) in [6, 6.07) is 10.5. The molecule has 2 N–H and O–H groups in total. The van der Waals surface area contributed by atoms with Crippen LogP contribution in [0.2, 0.25) is 0 Å². The van der Waals surface area contributed by atoms with Crippen molar-refractivity contribution in [3.05, 3.63) is 60.2 Å². The molecule has 0 saturated heterocycles. The molecule has 0 aliphatic heterocycles. The average Bonchev–Trinajstić information content (AvgIpc) is 2.62. The van der Waals surface area contributed by atoms with E-state index in [9.17, 15) is 4.39 Å². The molecule has 0 spiro atoms. The fraction of sp³-hybridized carbons (Fsp3) is 0.222. The number of aliphatic hydroxyl groups excluding tert-OH is 1. The van der Waals surface area contributed by atoms with Crippen molar-refractivity contribution in [2.45, 2.75) is 6.54 Å². The molecule has 0 radical (unpaired) electrons. The van der Waals surface area contributed by atoms with Gasteiger partial charge in [0.05, 0.1) is 24.0 Å². The van der Waals surface area contributed by atoms with Crippen molar-refractivity contribution in [3.63, 3.8) is 0 Å². The molecule has 1 aromatic carbocycles. The van der Waals surface area contributed by atoms with E-state index in [2.05, 4.69) is 15.3 Å². The summed E-state index contributed by atoms with van der Waals surface area (Å²) in [6.07, 6.45) is 3.41. The van der Waals surface area contributed by atoms with E-state index in [1.807, 2.05) is 24.1 Å². The standard InChI is InChI=1S/C18H19FN4O/c1-23(9-10-24)14-5-7-17(22-12-14)21-11-13-4-6-16(19)15-3-2-8-20-18(13)15/h2-8,12,24H,9-11H2,1H3,(H,21,22). The minimum absolute atomic E-state index is 0.0984. The van der Waals surface area contributed by atoms with Crippen LogP contribution in [0.25, 0.3) is 10.9 Å². The molecule has 5 nitrogen and oxygen atoms in total. The van der Waals surface area contributed by atoms with Gasteiger partial charge in [-0.3, -0.25) is 4.98 Å². The molecule has 0 fully saturated rings. The van der Waals surface area contributed by atoms with Crippen molar-refractivity contribution in [2.24, 2.45) is 0 Å². The molecular formula is C18H19FN4O. The van der Waals surface area contributed by atoms with Gasteiger partial charge in [-0.25, -0.2) is 9.37 Å². The number of pyridine rings is 2. The molecule has 24 heavy (non-hydrogen) atoms. The number of fused-ring (bicyclic) bond motifs is 1. The molecule has 2 heterocycles. The molecule has 0 aliphatic carbocycles. The highest BCUT2D eigenvalue weighted by Crippen LogP contribution is 2.21. The molecule has 2 aromatic heterocycles. The summed E-state index contributed by atoms with van der Waals surface area (Å²) in [6.45, 7) is 1.16. The highest BCUT2D eigenvalue weighted by molar-refractivity contribution is 5.82. The van der Waals surface area contributed by atoms with Gasteiger partial charge in [0.2, 0.25) is 0 Å². The summed E-state index contributed by atoms with van der Waals surface area (Å²) in [5.41, 5.74) is 2.50. The maximum atomic E-state index is 13.8. The first-order chi connectivity index (χ1) is 11.7. The lowest BCUT2D eigenvalue weighted by molar-refractivity contribution is 0.304. The SMILES string of the molecule is CN(CCO)c1ccc(NCc2ccc(F)c3cccnc23)nc1. The number of aliphatic hydroxyl groups is 1. The zero-order valence-corrected chi connectivity index (χ0v) is 13.4. The highest BCUT2D eigenvalue weighted by Gasteiger charge is 2.07. The Morgan fingerprint density at radius 2 is 2.04 bits per heavy atom. The number of nitrogens with zero attached hydrogens (tertiary/aromatic N) is 3. The summed E-state index contributed by atoms with van der Waals surface area (Å²) in [7, 11) is 1.90. The Morgan fingerprint density at radius 3 is 2.79 bits per heavy atom. The van der Waals surface area contributed by atoms with Gasteiger partial charge in [0.25, 0.3) is 0 Å². The minimum Gasteiger partial charge on any atom is -0.395 e. The second kappa shape index (κ2) is 7.23. The first-order valence-electron chi connectivity index (χ1n) is 7.73. The third kappa shape index (κ3) is 3.44. The van der Waals surface area contributed by atoms with Gasteiger partial charge in [0.1, 0.15) is 11.6 Å². The predicted octanol–water partition coefficient (Wildman–Crippen LogP) is 2.81. The van der Waals surface area contributed by atoms with Crippen molar-refractivity contribution in [2.75, 3.05) is 30.4 Å². The van der Waals surface area contributed by atoms with E-state index in [0.29, 0.717) is 24.0 Å². The Kier molecular flexibility index (Phi) is 4.86. The van der Waals surface area contributed by atoms with Crippen molar-refractivity contribution in [1.82, 2.24) is 9.97 Å². The van der Waals surface area contributed by atoms with Gasteiger partial charge < -0.3 is 15.3 Å². The summed E-state index contributed by atoms with van der Waals surface area (Å²) < 4.78 is 13.8. The molecule has 0 aliphatic rings. The van der Waals surface area contributed by atoms with E-state index < -0.39 is 0 Å². The number of hydrogen-bond acceptors (Lipinski definition) is 5. The Labute approximate surface area is 139 Å². The largest absolute Gasteiger partial charge is 0.395 e. The number of rotatable bonds is 6. The van der Waals surface area contributed by atoms with Crippen molar-refractivity contribution < 1.29 is 9.50 Å². The lowest BCUT2D eigenvalue weighted by Crippen LogP contribution is -2.21. The average molecular weight is 326 g/mol. The second-order valence-corrected chi connectivity index (χ2v) is 5.51. The Balaban J connectivity index is 1.73. The Morgan fingerprint density at radius 1 is 1.17 bits per heavy atom. The molecular weight excluding hydrogens is 307 g/mol. The fourth-order valence-corrected chi connectivity index (χ4v) is 2.52. The van der Waals surface area contributed by atoms with Crippen LogP contribution in [0.5, 0.6) is 0 Å². The number of hydrogen-bond donors (Lipinski definition) is 2. The summed E-state index contributed by atoms with van der Waals surface area (Å²) in [5, 5.41) is 12.7. The molecule has 3 aromatic rings. The van der Waals surface area contributed by atoms with Crippen LogP contribution in [0.4, 0.5) is 15.9 Å². The maximum Gasteiger partial charge on any atom is 0.132 e. The molecule has 0 unspecified atom stereocenters. The third-order valence-corrected chi connectivity index (χ3v) is 3.88. The minimum atomic E-state index is -0.267. The van der Waals surface area contributed by atoms with Crippen LogP contribution in [0.15, 0.2) is 48.8 Å². The Hall–Kier alpha value is -2.73. The molecule has 0 atom stereocenters. The lowest BCUT2D eigenvalue weighted by Gasteiger charge is -2.17. The van der Waals surface area contributed by atoms with Gasteiger partial charge in [-0.2, -0.15) is 0 Å². The van der Waals surface area contributed by atoms with E-state index in [0.717, 1.165) is 17.1 Å². The number of likely N-dealkylation sites (N-methyl/N-ethyl adjacent to an activating group) is 1. The van der Waals surface area contributed by atoms with Crippen LogP contribution in [-0.4, -0.2) is 35.3 Å². The van der Waals surface area contributed by atoms with Crippen LogP contribution in [0.3, 0.4) is 0 Å². The number of nitrogens with one attached hydrogen (secondary N) is 1. The summed E-state index contributed by atoms with van der Waals surface area (Å²) in [4.78, 5) is 10.6. The zero-order chi connectivity index (χ0) is 16.9. The van der Waals surface area contributed by atoms with E-state index >= 15 is 0 Å². The zero-order valence-electron chi connectivity index (χ0n) is 13.4. The number of anilines is 2. The van der Waals surface area contributed by atoms with Crippen molar-refractivity contribution in [3.8, 4) is 0 Å².